The van der Waals surface area contributed by atoms with Crippen LogP contribution in [0.15, 0.2) is 30.3 Å². The van der Waals surface area contributed by atoms with Gasteiger partial charge in [-0.2, -0.15) is 0 Å². The van der Waals surface area contributed by atoms with Crippen LogP contribution in [-0.4, -0.2) is 6.54 Å². The van der Waals surface area contributed by atoms with Crippen molar-refractivity contribution in [3.8, 4) is 0 Å². The topological polar surface area (TPSA) is 29.3 Å². The largest absolute Gasteiger partial charge is 0.397 e. The van der Waals surface area contributed by atoms with Crippen LogP contribution in [0.25, 0.3) is 0 Å². The molecule has 3 rings (SSSR count). The molecule has 0 radical (unpaired) electrons. The number of benzene rings is 2. The maximum atomic E-state index is 13.9. The summed E-state index contributed by atoms with van der Waals surface area (Å²) in [5, 5.41) is 0. The summed E-state index contributed by atoms with van der Waals surface area (Å²) < 4.78 is 14.4. The molecule has 0 atom stereocenters. The average Bonchev–Trinajstić information content (AvgIpc) is 2.42. The minimum atomic E-state index is -0.214. The third-order valence-electron chi connectivity index (χ3n) is 3.71. The molecular weight excluding hydrogens is 366 g/mol. The fourth-order valence-electron chi connectivity index (χ4n) is 2.76. The number of nitrogen functional groups attached to an aromatic ring is 1. The quantitative estimate of drug-likeness (QED) is 0.585. The Morgan fingerprint density at radius 2 is 2.00 bits per heavy atom. The number of rotatable bonds is 1. The van der Waals surface area contributed by atoms with Gasteiger partial charge in [0.1, 0.15) is 5.82 Å². The summed E-state index contributed by atoms with van der Waals surface area (Å²) in [5.74, 6) is -0.214. The number of hydrogen-bond acceptors (Lipinski definition) is 2. The van der Waals surface area contributed by atoms with Crippen molar-refractivity contribution >= 4 is 39.7 Å². The van der Waals surface area contributed by atoms with E-state index in [1.165, 1.54) is 11.1 Å². The van der Waals surface area contributed by atoms with E-state index in [0.717, 1.165) is 30.8 Å². The summed E-state index contributed by atoms with van der Waals surface area (Å²) in [7, 11) is 0. The second-order valence-electron chi connectivity index (χ2n) is 5.21. The summed E-state index contributed by atoms with van der Waals surface area (Å²) in [6.45, 7) is 2.97. The van der Waals surface area contributed by atoms with Gasteiger partial charge >= 0.3 is 0 Å². The molecule has 1 heterocycles. The van der Waals surface area contributed by atoms with Gasteiger partial charge in [0.15, 0.2) is 0 Å². The summed E-state index contributed by atoms with van der Waals surface area (Å²) in [6, 6.07) is 9.66. The monoisotopic (exact) mass is 382 g/mol. The number of aryl methyl sites for hydroxylation is 2. The standard InChI is InChI=1S/C16H16FIN2/c1-10-4-5-15-11(7-10)3-2-6-20(15)16-8-12(17)13(18)9-14(16)19/h4-5,7-9H,2-3,6,19H2,1H3. The first-order valence-electron chi connectivity index (χ1n) is 6.68. The van der Waals surface area contributed by atoms with Crippen LogP contribution in [0.2, 0.25) is 0 Å². The normalized spacial score (nSPS) is 14.2. The average molecular weight is 382 g/mol. The van der Waals surface area contributed by atoms with E-state index >= 15 is 0 Å². The third-order valence-corrected chi connectivity index (χ3v) is 4.54. The van der Waals surface area contributed by atoms with Crippen LogP contribution in [-0.2, 0) is 6.42 Å². The van der Waals surface area contributed by atoms with Gasteiger partial charge in [-0.15, -0.1) is 0 Å². The molecule has 0 aromatic heterocycles. The van der Waals surface area contributed by atoms with Crippen molar-refractivity contribution in [3.05, 3.63) is 50.8 Å². The molecule has 2 aromatic carbocycles. The molecule has 0 spiro atoms. The molecule has 0 amide bonds. The van der Waals surface area contributed by atoms with E-state index in [1.54, 1.807) is 12.1 Å². The molecule has 104 valence electrons. The fourth-order valence-corrected chi connectivity index (χ4v) is 3.25. The van der Waals surface area contributed by atoms with E-state index in [0.29, 0.717) is 9.26 Å². The molecule has 1 aliphatic heterocycles. The molecule has 0 saturated carbocycles. The van der Waals surface area contributed by atoms with Crippen molar-refractivity contribution in [2.24, 2.45) is 0 Å². The van der Waals surface area contributed by atoms with Gasteiger partial charge < -0.3 is 10.6 Å². The first kappa shape index (κ1) is 13.7. The van der Waals surface area contributed by atoms with Crippen LogP contribution in [0.3, 0.4) is 0 Å². The lowest BCUT2D eigenvalue weighted by Crippen LogP contribution is -2.25. The van der Waals surface area contributed by atoms with Crippen molar-refractivity contribution in [2.75, 3.05) is 17.2 Å². The maximum absolute atomic E-state index is 13.9. The number of hydrogen-bond donors (Lipinski definition) is 1. The van der Waals surface area contributed by atoms with Crippen LogP contribution in [0.4, 0.5) is 21.5 Å². The van der Waals surface area contributed by atoms with E-state index in [-0.39, 0.29) is 5.82 Å². The van der Waals surface area contributed by atoms with Gasteiger partial charge in [0, 0.05) is 18.3 Å². The van der Waals surface area contributed by atoms with E-state index in [4.69, 9.17) is 5.73 Å². The molecule has 2 N–H and O–H groups in total. The number of nitrogens with two attached hydrogens (primary N) is 1. The van der Waals surface area contributed by atoms with Crippen molar-refractivity contribution in [3.63, 3.8) is 0 Å². The number of anilines is 3. The molecule has 1 aliphatic rings. The minimum absolute atomic E-state index is 0.214. The highest BCUT2D eigenvalue weighted by atomic mass is 127. The number of fused-ring (bicyclic) bond motifs is 1. The lowest BCUT2D eigenvalue weighted by atomic mass is 9.99. The molecular formula is C16H16FIN2. The Bertz CT molecular complexity index is 670. The van der Waals surface area contributed by atoms with Gasteiger partial charge in [0.2, 0.25) is 0 Å². The Hall–Kier alpha value is -1.30. The van der Waals surface area contributed by atoms with Crippen molar-refractivity contribution in [1.29, 1.82) is 0 Å². The van der Waals surface area contributed by atoms with E-state index < -0.39 is 0 Å². The third kappa shape index (κ3) is 2.37. The van der Waals surface area contributed by atoms with Crippen LogP contribution < -0.4 is 10.6 Å². The molecule has 0 bridgehead atoms. The summed E-state index contributed by atoms with van der Waals surface area (Å²) >= 11 is 1.97. The molecule has 0 aliphatic carbocycles. The zero-order valence-corrected chi connectivity index (χ0v) is 13.4. The molecule has 0 saturated heterocycles. The van der Waals surface area contributed by atoms with Gasteiger partial charge in [-0.25, -0.2) is 4.39 Å². The second kappa shape index (κ2) is 5.24. The maximum Gasteiger partial charge on any atom is 0.138 e. The highest BCUT2D eigenvalue weighted by molar-refractivity contribution is 14.1. The Kier molecular flexibility index (Phi) is 3.58. The first-order valence-corrected chi connectivity index (χ1v) is 7.76. The van der Waals surface area contributed by atoms with Crippen LogP contribution in [0.1, 0.15) is 17.5 Å². The smallest absolute Gasteiger partial charge is 0.138 e. The van der Waals surface area contributed by atoms with Gasteiger partial charge in [0.05, 0.1) is 14.9 Å². The van der Waals surface area contributed by atoms with Gasteiger partial charge in [-0.3, -0.25) is 0 Å². The zero-order chi connectivity index (χ0) is 14.3. The van der Waals surface area contributed by atoms with Crippen LogP contribution in [0, 0.1) is 16.3 Å². The van der Waals surface area contributed by atoms with Gasteiger partial charge in [-0.1, -0.05) is 17.7 Å². The lowest BCUT2D eigenvalue weighted by molar-refractivity contribution is 0.619. The molecule has 2 aromatic rings. The van der Waals surface area contributed by atoms with Crippen molar-refractivity contribution in [2.45, 2.75) is 19.8 Å². The fraction of sp³-hybridized carbons (Fsp3) is 0.250. The summed E-state index contributed by atoms with van der Waals surface area (Å²) in [4.78, 5) is 2.13. The van der Waals surface area contributed by atoms with Gasteiger partial charge in [0.25, 0.3) is 0 Å². The van der Waals surface area contributed by atoms with E-state index in [9.17, 15) is 4.39 Å². The number of halogens is 2. The van der Waals surface area contributed by atoms with E-state index in [1.807, 2.05) is 22.6 Å². The Labute approximate surface area is 131 Å². The van der Waals surface area contributed by atoms with Crippen molar-refractivity contribution < 1.29 is 4.39 Å². The van der Waals surface area contributed by atoms with Crippen LogP contribution >= 0.6 is 22.6 Å². The second-order valence-corrected chi connectivity index (χ2v) is 6.37. The minimum Gasteiger partial charge on any atom is -0.397 e. The van der Waals surface area contributed by atoms with Crippen LogP contribution in [0.5, 0.6) is 0 Å². The Morgan fingerprint density at radius 1 is 1.20 bits per heavy atom. The first-order chi connectivity index (χ1) is 9.56. The molecule has 20 heavy (non-hydrogen) atoms. The Morgan fingerprint density at radius 3 is 2.80 bits per heavy atom. The van der Waals surface area contributed by atoms with Gasteiger partial charge in [-0.05, 0) is 60.1 Å². The predicted molar refractivity (Wildman–Crippen MR) is 90.0 cm³/mol. The molecule has 2 nitrogen and oxygen atoms in total. The lowest BCUT2D eigenvalue weighted by Gasteiger charge is -2.32. The molecule has 0 unspecified atom stereocenters. The summed E-state index contributed by atoms with van der Waals surface area (Å²) in [6.07, 6.45) is 2.13. The Balaban J connectivity index is 2.11. The number of nitrogens with zero attached hydrogens (tertiary/aromatic N) is 1. The highest BCUT2D eigenvalue weighted by Crippen LogP contribution is 2.38. The zero-order valence-electron chi connectivity index (χ0n) is 11.3. The predicted octanol–water partition coefficient (Wildman–Crippen LogP) is 4.41. The highest BCUT2D eigenvalue weighted by Gasteiger charge is 2.21. The molecule has 0 fully saturated rings. The molecule has 4 heteroatoms. The van der Waals surface area contributed by atoms with Crippen molar-refractivity contribution in [1.82, 2.24) is 0 Å². The van der Waals surface area contributed by atoms with E-state index in [2.05, 4.69) is 30.0 Å². The SMILES string of the molecule is Cc1ccc2c(c1)CCCN2c1cc(F)c(I)cc1N. The summed E-state index contributed by atoms with van der Waals surface area (Å²) in [5.41, 5.74) is 11.2.